The Bertz CT molecular complexity index is 1050. The lowest BCUT2D eigenvalue weighted by molar-refractivity contribution is 0.362. The van der Waals surface area contributed by atoms with E-state index in [1.54, 1.807) is 73.3 Å². The van der Waals surface area contributed by atoms with Crippen molar-refractivity contribution in [3.05, 3.63) is 70.4 Å². The standard InChI is InChI=1S/C21H17Cl2N3O3/c1-14-19(13-24)21(26(2)25-14)29-18-9-7-17(8-10-18)28-16-5-3-15(4-6-16)27-12-11-20(22)23/h3-11H,12H2,1-2H3. The highest BCUT2D eigenvalue weighted by atomic mass is 35.5. The Morgan fingerprint density at radius 2 is 1.52 bits per heavy atom. The summed E-state index contributed by atoms with van der Waals surface area (Å²) in [5.41, 5.74) is 1.04. The van der Waals surface area contributed by atoms with Crippen molar-refractivity contribution in [3.63, 3.8) is 0 Å². The Labute approximate surface area is 178 Å². The van der Waals surface area contributed by atoms with Crippen LogP contribution in [0.4, 0.5) is 0 Å². The molecule has 1 heterocycles. The summed E-state index contributed by atoms with van der Waals surface area (Å²) in [4.78, 5) is 0. The first-order chi connectivity index (χ1) is 14.0. The van der Waals surface area contributed by atoms with Crippen LogP contribution in [0, 0.1) is 18.3 Å². The van der Waals surface area contributed by atoms with Gasteiger partial charge in [0.25, 0.3) is 0 Å². The number of benzene rings is 2. The van der Waals surface area contributed by atoms with E-state index in [4.69, 9.17) is 37.4 Å². The van der Waals surface area contributed by atoms with E-state index in [1.807, 2.05) is 0 Å². The predicted molar refractivity (Wildman–Crippen MR) is 111 cm³/mol. The van der Waals surface area contributed by atoms with Crippen LogP contribution in [0.15, 0.2) is 59.1 Å². The van der Waals surface area contributed by atoms with Crippen molar-refractivity contribution in [1.82, 2.24) is 9.78 Å². The molecular weight excluding hydrogens is 413 g/mol. The Morgan fingerprint density at radius 3 is 2.03 bits per heavy atom. The molecule has 0 N–H and O–H groups in total. The number of ether oxygens (including phenoxy) is 3. The van der Waals surface area contributed by atoms with Crippen molar-refractivity contribution >= 4 is 23.2 Å². The fourth-order valence-corrected chi connectivity index (χ4v) is 2.64. The highest BCUT2D eigenvalue weighted by Crippen LogP contribution is 2.29. The minimum atomic E-state index is 0.166. The van der Waals surface area contributed by atoms with Crippen LogP contribution in [-0.2, 0) is 7.05 Å². The summed E-state index contributed by atoms with van der Waals surface area (Å²) in [7, 11) is 1.73. The molecule has 2 aromatic carbocycles. The number of halogens is 2. The fraction of sp³-hybridized carbons (Fsp3) is 0.143. The van der Waals surface area contributed by atoms with Gasteiger partial charge in [-0.15, -0.1) is 0 Å². The van der Waals surface area contributed by atoms with Crippen LogP contribution in [0.1, 0.15) is 11.3 Å². The number of aromatic nitrogens is 2. The summed E-state index contributed by atoms with van der Waals surface area (Å²) in [6.07, 6.45) is 1.56. The maximum Gasteiger partial charge on any atom is 0.235 e. The molecule has 0 bridgehead atoms. The van der Waals surface area contributed by atoms with Crippen LogP contribution in [0.25, 0.3) is 0 Å². The van der Waals surface area contributed by atoms with Crippen molar-refractivity contribution in [2.75, 3.05) is 6.61 Å². The minimum absolute atomic E-state index is 0.166. The molecule has 0 saturated heterocycles. The van der Waals surface area contributed by atoms with Crippen molar-refractivity contribution in [3.8, 4) is 34.9 Å². The molecule has 0 amide bonds. The minimum Gasteiger partial charge on any atom is -0.489 e. The Kier molecular flexibility index (Phi) is 6.65. The van der Waals surface area contributed by atoms with Crippen LogP contribution in [-0.4, -0.2) is 16.4 Å². The molecule has 0 aliphatic heterocycles. The molecule has 29 heavy (non-hydrogen) atoms. The first-order valence-electron chi connectivity index (χ1n) is 8.59. The van der Waals surface area contributed by atoms with E-state index in [9.17, 15) is 5.26 Å². The predicted octanol–water partition coefficient (Wildman–Crippen LogP) is 5.88. The van der Waals surface area contributed by atoms with Gasteiger partial charge in [-0.3, -0.25) is 0 Å². The van der Waals surface area contributed by atoms with Crippen molar-refractivity contribution in [2.45, 2.75) is 6.92 Å². The van der Waals surface area contributed by atoms with Gasteiger partial charge in [-0.25, -0.2) is 4.68 Å². The first kappa shape index (κ1) is 20.6. The Morgan fingerprint density at radius 1 is 1.00 bits per heavy atom. The number of nitriles is 1. The van der Waals surface area contributed by atoms with E-state index in [1.165, 1.54) is 0 Å². The normalized spacial score (nSPS) is 10.2. The average molecular weight is 430 g/mol. The number of rotatable bonds is 7. The average Bonchev–Trinajstić information content (AvgIpc) is 2.97. The number of aryl methyl sites for hydroxylation is 2. The van der Waals surface area contributed by atoms with Gasteiger partial charge >= 0.3 is 0 Å². The Hall–Kier alpha value is -3.14. The molecule has 1 aromatic heterocycles. The molecule has 0 spiro atoms. The van der Waals surface area contributed by atoms with Crippen molar-refractivity contribution < 1.29 is 14.2 Å². The molecule has 0 atom stereocenters. The highest BCUT2D eigenvalue weighted by molar-refractivity contribution is 6.55. The maximum absolute atomic E-state index is 9.26. The van der Waals surface area contributed by atoms with E-state index >= 15 is 0 Å². The summed E-state index contributed by atoms with van der Waals surface area (Å²) in [6, 6.07) is 16.4. The summed E-state index contributed by atoms with van der Waals surface area (Å²) in [6.45, 7) is 2.05. The molecule has 0 saturated carbocycles. The lowest BCUT2D eigenvalue weighted by Crippen LogP contribution is -1.96. The van der Waals surface area contributed by atoms with Gasteiger partial charge in [0.2, 0.25) is 5.88 Å². The molecule has 3 aromatic rings. The third-order valence-electron chi connectivity index (χ3n) is 3.87. The van der Waals surface area contributed by atoms with Crippen LogP contribution in [0.2, 0.25) is 0 Å². The zero-order valence-corrected chi connectivity index (χ0v) is 17.2. The summed E-state index contributed by atoms with van der Waals surface area (Å²) in [5, 5.41) is 13.5. The SMILES string of the molecule is Cc1nn(C)c(Oc2ccc(Oc3ccc(OCC=C(Cl)Cl)cc3)cc2)c1C#N. The summed E-state index contributed by atoms with van der Waals surface area (Å²) in [5.74, 6) is 2.95. The zero-order valence-electron chi connectivity index (χ0n) is 15.7. The van der Waals surface area contributed by atoms with Gasteiger partial charge in [0, 0.05) is 7.05 Å². The monoisotopic (exact) mass is 429 g/mol. The maximum atomic E-state index is 9.26. The first-order valence-corrected chi connectivity index (χ1v) is 9.35. The summed E-state index contributed by atoms with van der Waals surface area (Å²) < 4.78 is 18.8. The Balaban J connectivity index is 1.62. The zero-order chi connectivity index (χ0) is 20.8. The van der Waals surface area contributed by atoms with Crippen LogP contribution in [0.5, 0.6) is 28.9 Å². The largest absolute Gasteiger partial charge is 0.489 e. The smallest absolute Gasteiger partial charge is 0.235 e. The second kappa shape index (κ2) is 9.37. The molecular formula is C21H17Cl2N3O3. The van der Waals surface area contributed by atoms with E-state index in [2.05, 4.69) is 11.2 Å². The van der Waals surface area contributed by atoms with Gasteiger partial charge < -0.3 is 14.2 Å². The van der Waals surface area contributed by atoms with Gasteiger partial charge in [0.15, 0.2) is 0 Å². The molecule has 8 heteroatoms. The lowest BCUT2D eigenvalue weighted by Gasteiger charge is -2.09. The van der Waals surface area contributed by atoms with Gasteiger partial charge in [0.05, 0.1) is 5.69 Å². The lowest BCUT2D eigenvalue weighted by atomic mass is 10.3. The molecule has 148 valence electrons. The third-order valence-corrected chi connectivity index (χ3v) is 4.18. The van der Waals surface area contributed by atoms with Gasteiger partial charge in [0.1, 0.15) is 45.7 Å². The molecule has 0 aliphatic rings. The van der Waals surface area contributed by atoms with Crippen molar-refractivity contribution in [1.29, 1.82) is 5.26 Å². The number of nitrogens with zero attached hydrogens (tertiary/aromatic N) is 3. The van der Waals surface area contributed by atoms with E-state index < -0.39 is 0 Å². The topological polar surface area (TPSA) is 69.3 Å². The number of hydrogen-bond acceptors (Lipinski definition) is 5. The van der Waals surface area contributed by atoms with E-state index in [-0.39, 0.29) is 11.1 Å². The summed E-state index contributed by atoms with van der Waals surface area (Å²) >= 11 is 11.1. The van der Waals surface area contributed by atoms with E-state index in [0.29, 0.717) is 40.1 Å². The van der Waals surface area contributed by atoms with E-state index in [0.717, 1.165) is 0 Å². The second-order valence-corrected chi connectivity index (χ2v) is 6.96. The van der Waals surface area contributed by atoms with Crippen LogP contribution in [0.3, 0.4) is 0 Å². The second-order valence-electron chi connectivity index (χ2n) is 5.95. The van der Waals surface area contributed by atoms with Gasteiger partial charge in [-0.05, 0) is 61.5 Å². The number of hydrogen-bond donors (Lipinski definition) is 0. The highest BCUT2D eigenvalue weighted by Gasteiger charge is 2.15. The van der Waals surface area contributed by atoms with Gasteiger partial charge in [-0.2, -0.15) is 10.4 Å². The molecule has 0 unspecified atom stereocenters. The third kappa shape index (κ3) is 5.44. The van der Waals surface area contributed by atoms with Crippen LogP contribution < -0.4 is 14.2 Å². The van der Waals surface area contributed by atoms with Crippen molar-refractivity contribution in [2.24, 2.45) is 7.05 Å². The van der Waals surface area contributed by atoms with Crippen LogP contribution >= 0.6 is 23.2 Å². The molecule has 6 nitrogen and oxygen atoms in total. The molecule has 3 rings (SSSR count). The quantitative estimate of drug-likeness (QED) is 0.468. The molecule has 0 radical (unpaired) electrons. The molecule has 0 aliphatic carbocycles. The fourth-order valence-electron chi connectivity index (χ4n) is 2.51. The molecule has 0 fully saturated rings. The van der Waals surface area contributed by atoms with Gasteiger partial charge in [-0.1, -0.05) is 23.2 Å².